The first kappa shape index (κ1) is 42.8. The van der Waals surface area contributed by atoms with Crippen LogP contribution in [0.15, 0.2) is 84.9 Å². The topological polar surface area (TPSA) is 149 Å². The zero-order valence-electron chi connectivity index (χ0n) is 33.2. The van der Waals surface area contributed by atoms with E-state index in [1.807, 2.05) is 50.2 Å². The quantitative estimate of drug-likeness (QED) is 0.0544. The van der Waals surface area contributed by atoms with E-state index in [4.69, 9.17) is 0 Å². The lowest BCUT2D eigenvalue weighted by atomic mass is 9.87. The summed E-state index contributed by atoms with van der Waals surface area (Å²) in [6, 6.07) is 26.7. The predicted octanol–water partition coefficient (Wildman–Crippen LogP) is 6.42. The maximum Gasteiger partial charge on any atom is 0.314 e. The molecule has 4 aromatic carbocycles. The molecule has 0 aliphatic carbocycles. The Morgan fingerprint density at radius 2 is 1.29 bits per heavy atom. The molecule has 0 saturated carbocycles. The summed E-state index contributed by atoms with van der Waals surface area (Å²) in [5.41, 5.74) is 2.10. The molecule has 0 heterocycles. The van der Waals surface area contributed by atoms with Crippen LogP contribution in [-0.2, 0) is 27.2 Å². The van der Waals surface area contributed by atoms with Gasteiger partial charge in [0.2, 0.25) is 17.7 Å². The van der Waals surface area contributed by atoms with Crippen LogP contribution < -0.4 is 26.6 Å². The largest absolute Gasteiger partial charge is 0.390 e. The molecular formula is C45H61N5O5. The van der Waals surface area contributed by atoms with Crippen LogP contribution in [0.1, 0.15) is 77.3 Å². The molecule has 296 valence electrons. The molecule has 0 saturated heterocycles. The molecule has 0 aromatic heterocycles. The molecule has 0 aliphatic heterocycles. The minimum atomic E-state index is -1.11. The van der Waals surface area contributed by atoms with Gasteiger partial charge in [0.15, 0.2) is 0 Å². The van der Waals surface area contributed by atoms with Gasteiger partial charge in [0, 0.05) is 26.1 Å². The Morgan fingerprint density at radius 3 is 1.85 bits per heavy atom. The molecule has 0 aliphatic rings. The summed E-state index contributed by atoms with van der Waals surface area (Å²) in [4.78, 5) is 53.3. The number of aliphatic hydroxyl groups excluding tert-OH is 1. The lowest BCUT2D eigenvalue weighted by Gasteiger charge is -2.29. The molecule has 10 nitrogen and oxygen atoms in total. The Morgan fingerprint density at radius 1 is 0.709 bits per heavy atom. The highest BCUT2D eigenvalue weighted by Crippen LogP contribution is 2.27. The number of urea groups is 1. The predicted molar refractivity (Wildman–Crippen MR) is 222 cm³/mol. The highest BCUT2D eigenvalue weighted by Gasteiger charge is 2.31. The van der Waals surface area contributed by atoms with E-state index in [0.717, 1.165) is 39.1 Å². The summed E-state index contributed by atoms with van der Waals surface area (Å²) in [7, 11) is 1.55. The first-order chi connectivity index (χ1) is 26.5. The van der Waals surface area contributed by atoms with Crippen LogP contribution in [-0.4, -0.2) is 67.2 Å². The monoisotopic (exact) mass is 751 g/mol. The van der Waals surface area contributed by atoms with Crippen LogP contribution in [0, 0.1) is 17.8 Å². The lowest BCUT2D eigenvalue weighted by Crippen LogP contribution is -2.54. The van der Waals surface area contributed by atoms with E-state index in [0.29, 0.717) is 57.5 Å². The van der Waals surface area contributed by atoms with Gasteiger partial charge in [-0.25, -0.2) is 4.79 Å². The summed E-state index contributed by atoms with van der Waals surface area (Å²) in [5, 5.41) is 30.0. The number of hydrogen-bond donors (Lipinski definition) is 6. The molecule has 4 aromatic rings. The van der Waals surface area contributed by atoms with Crippen molar-refractivity contribution in [2.24, 2.45) is 17.8 Å². The molecule has 0 radical (unpaired) electrons. The number of fused-ring (bicyclic) bond motifs is 2. The summed E-state index contributed by atoms with van der Waals surface area (Å²) in [5.74, 6) is -0.991. The summed E-state index contributed by atoms with van der Waals surface area (Å²) >= 11 is 0. The number of amides is 5. The van der Waals surface area contributed by atoms with E-state index in [1.165, 1.54) is 0 Å². The van der Waals surface area contributed by atoms with Crippen molar-refractivity contribution in [1.82, 2.24) is 26.6 Å². The molecule has 6 N–H and O–H groups in total. The second-order valence-electron chi connectivity index (χ2n) is 15.3. The first-order valence-corrected chi connectivity index (χ1v) is 19.9. The molecule has 4 rings (SSSR count). The highest BCUT2D eigenvalue weighted by atomic mass is 16.3. The minimum absolute atomic E-state index is 0.123. The van der Waals surface area contributed by atoms with Crippen LogP contribution in [0.3, 0.4) is 0 Å². The molecule has 5 amide bonds. The minimum Gasteiger partial charge on any atom is -0.390 e. The van der Waals surface area contributed by atoms with Gasteiger partial charge in [-0.2, -0.15) is 0 Å². The highest BCUT2D eigenvalue weighted by molar-refractivity contribution is 5.91. The second kappa shape index (κ2) is 21.8. The summed E-state index contributed by atoms with van der Waals surface area (Å²) < 4.78 is 0. The fraction of sp³-hybridized carbons (Fsp3) is 0.467. The number of hydrogen-bond acceptors (Lipinski definition) is 5. The maximum atomic E-state index is 14.6. The number of carbonyl (C=O) groups excluding carboxylic acids is 4. The zero-order valence-corrected chi connectivity index (χ0v) is 33.2. The van der Waals surface area contributed by atoms with Crippen molar-refractivity contribution in [1.29, 1.82) is 0 Å². The van der Waals surface area contributed by atoms with Gasteiger partial charge in [-0.1, -0.05) is 119 Å². The number of unbranched alkanes of at least 4 members (excludes halogenated alkanes) is 1. The third-order valence-corrected chi connectivity index (χ3v) is 10.4. The van der Waals surface area contributed by atoms with Gasteiger partial charge in [0.05, 0.1) is 18.6 Å². The van der Waals surface area contributed by atoms with E-state index < -0.39 is 30.0 Å². The van der Waals surface area contributed by atoms with Crippen molar-refractivity contribution in [2.75, 3.05) is 20.1 Å². The maximum absolute atomic E-state index is 14.6. The number of carbonyl (C=O) groups is 4. The molecule has 10 heteroatoms. The SMILES string of the molecule is CCC(C)CNC(=O)C[C@H](O)C(CC(C)C)NC(=O)C(CCCCNC(=O)NC)NC(=O)C(Cc1cccc2ccccc12)Cc1cccc2ccccc12. The zero-order chi connectivity index (χ0) is 39.7. The Kier molecular flexibility index (Phi) is 17.0. The van der Waals surface area contributed by atoms with Gasteiger partial charge in [0.25, 0.3) is 0 Å². The van der Waals surface area contributed by atoms with Crippen LogP contribution >= 0.6 is 0 Å². The normalized spacial score (nSPS) is 13.6. The molecule has 55 heavy (non-hydrogen) atoms. The Labute approximate surface area is 326 Å². The van der Waals surface area contributed by atoms with Gasteiger partial charge in [-0.05, 0) is 83.0 Å². The summed E-state index contributed by atoms with van der Waals surface area (Å²) in [6.07, 6.45) is 2.51. The Hall–Kier alpha value is -4.96. The fourth-order valence-electron chi connectivity index (χ4n) is 6.99. The van der Waals surface area contributed by atoms with E-state index in [9.17, 15) is 24.3 Å². The lowest BCUT2D eigenvalue weighted by molar-refractivity contribution is -0.132. The number of benzene rings is 4. The molecule has 0 spiro atoms. The van der Waals surface area contributed by atoms with Crippen molar-refractivity contribution in [3.8, 4) is 0 Å². The number of aliphatic hydroxyl groups is 1. The Balaban J connectivity index is 1.60. The van der Waals surface area contributed by atoms with E-state index in [-0.39, 0.29) is 30.2 Å². The van der Waals surface area contributed by atoms with Gasteiger partial charge in [-0.3, -0.25) is 14.4 Å². The molecule has 0 fully saturated rings. The van der Waals surface area contributed by atoms with E-state index >= 15 is 0 Å². The third-order valence-electron chi connectivity index (χ3n) is 10.4. The number of rotatable bonds is 21. The average molecular weight is 752 g/mol. The molecular weight excluding hydrogens is 691 g/mol. The summed E-state index contributed by atoms with van der Waals surface area (Å²) in [6.45, 7) is 9.04. The van der Waals surface area contributed by atoms with Crippen LogP contribution in [0.25, 0.3) is 21.5 Å². The van der Waals surface area contributed by atoms with Crippen molar-refractivity contribution < 1.29 is 24.3 Å². The molecule has 4 atom stereocenters. The van der Waals surface area contributed by atoms with Crippen LogP contribution in [0.2, 0.25) is 0 Å². The standard InChI is InChI=1S/C45H61N5O5/c1-6-31(4)29-48-42(52)28-41(51)40(25-30(2)3)50-44(54)39(23-11-12-24-47-45(55)46-5)49-43(53)36(26-34-19-13-17-32-15-7-9-21-37(32)34)27-35-20-14-18-33-16-8-10-22-38(33)35/h7-10,13-22,30-31,36,39-41,51H,6,11-12,23-29H2,1-5H3,(H,48,52)(H,49,53)(H,50,54)(H2,46,47,55)/t31?,39?,40?,41-/m0/s1. The van der Waals surface area contributed by atoms with Gasteiger partial charge >= 0.3 is 6.03 Å². The van der Waals surface area contributed by atoms with Crippen LogP contribution in [0.5, 0.6) is 0 Å². The smallest absolute Gasteiger partial charge is 0.314 e. The van der Waals surface area contributed by atoms with Gasteiger partial charge < -0.3 is 31.7 Å². The third kappa shape index (κ3) is 13.4. The average Bonchev–Trinajstić information content (AvgIpc) is 3.18. The molecule has 0 bridgehead atoms. The van der Waals surface area contributed by atoms with E-state index in [2.05, 4.69) is 89.0 Å². The van der Waals surface area contributed by atoms with Crippen molar-refractivity contribution >= 4 is 45.3 Å². The van der Waals surface area contributed by atoms with Crippen LogP contribution in [0.4, 0.5) is 4.79 Å². The van der Waals surface area contributed by atoms with Crippen molar-refractivity contribution in [3.05, 3.63) is 96.1 Å². The fourth-order valence-corrected chi connectivity index (χ4v) is 6.99. The Bertz CT molecular complexity index is 1770. The second-order valence-corrected chi connectivity index (χ2v) is 15.3. The van der Waals surface area contributed by atoms with Gasteiger partial charge in [-0.15, -0.1) is 0 Å². The van der Waals surface area contributed by atoms with Crippen molar-refractivity contribution in [2.45, 2.75) is 97.2 Å². The van der Waals surface area contributed by atoms with E-state index in [1.54, 1.807) is 7.05 Å². The number of nitrogens with one attached hydrogen (secondary N) is 5. The first-order valence-electron chi connectivity index (χ1n) is 19.9. The van der Waals surface area contributed by atoms with Gasteiger partial charge in [0.1, 0.15) is 6.04 Å². The van der Waals surface area contributed by atoms with Crippen molar-refractivity contribution in [3.63, 3.8) is 0 Å². The molecule has 3 unspecified atom stereocenters.